The molecular weight excluding hydrogens is 430 g/mol. The number of hydrogen-bond donors (Lipinski definition) is 0. The van der Waals surface area contributed by atoms with Crippen LogP contribution >= 0.6 is 11.3 Å². The van der Waals surface area contributed by atoms with Crippen LogP contribution in [0, 0.1) is 10.1 Å². The Morgan fingerprint density at radius 3 is 2.69 bits per heavy atom. The van der Waals surface area contributed by atoms with Gasteiger partial charge in [0.25, 0.3) is 11.2 Å². The summed E-state index contributed by atoms with van der Waals surface area (Å²) in [5.41, 5.74) is 1.69. The Kier molecular flexibility index (Phi) is 5.83. The zero-order valence-electron chi connectivity index (χ0n) is 17.3. The number of esters is 1. The molecule has 0 saturated heterocycles. The fourth-order valence-electron chi connectivity index (χ4n) is 3.62. The maximum atomic E-state index is 13.4. The van der Waals surface area contributed by atoms with E-state index in [9.17, 15) is 19.7 Å². The molecule has 2 heterocycles. The van der Waals surface area contributed by atoms with E-state index < -0.39 is 16.9 Å². The first-order chi connectivity index (χ1) is 15.4. The average molecular weight is 449 g/mol. The van der Waals surface area contributed by atoms with Gasteiger partial charge in [0.05, 0.1) is 33.4 Å². The predicted molar refractivity (Wildman–Crippen MR) is 120 cm³/mol. The van der Waals surface area contributed by atoms with Crippen molar-refractivity contribution in [3.63, 3.8) is 0 Å². The van der Waals surface area contributed by atoms with Gasteiger partial charge in [-0.25, -0.2) is 9.79 Å². The number of carbonyl (C=O) groups is 1. The lowest BCUT2D eigenvalue weighted by Crippen LogP contribution is -2.39. The number of carbonyl (C=O) groups excluding carboxylic acids is 1. The van der Waals surface area contributed by atoms with E-state index in [1.54, 1.807) is 32.1 Å². The van der Waals surface area contributed by atoms with Crippen LogP contribution in [-0.2, 0) is 9.53 Å². The maximum absolute atomic E-state index is 13.4. The van der Waals surface area contributed by atoms with Gasteiger partial charge in [-0.3, -0.25) is 19.5 Å². The third kappa shape index (κ3) is 3.90. The van der Waals surface area contributed by atoms with Gasteiger partial charge in [0.2, 0.25) is 0 Å². The van der Waals surface area contributed by atoms with Crippen molar-refractivity contribution >= 4 is 29.1 Å². The van der Waals surface area contributed by atoms with Gasteiger partial charge in [-0.1, -0.05) is 53.8 Å². The third-order valence-electron chi connectivity index (χ3n) is 5.01. The summed E-state index contributed by atoms with van der Waals surface area (Å²) in [6.45, 7) is 3.65. The topological polar surface area (TPSA) is 104 Å². The number of nitro benzene ring substituents is 1. The van der Waals surface area contributed by atoms with E-state index in [1.165, 1.54) is 28.0 Å². The molecule has 32 heavy (non-hydrogen) atoms. The predicted octanol–water partition coefficient (Wildman–Crippen LogP) is 2.71. The van der Waals surface area contributed by atoms with Crippen molar-refractivity contribution < 1.29 is 14.5 Å². The number of fused-ring (bicyclic) bond motifs is 1. The van der Waals surface area contributed by atoms with Gasteiger partial charge in [0.1, 0.15) is 0 Å². The summed E-state index contributed by atoms with van der Waals surface area (Å²) in [5, 5.41) is 11.1. The van der Waals surface area contributed by atoms with E-state index in [0.717, 1.165) is 5.56 Å². The Labute approximate surface area is 186 Å². The molecule has 0 bridgehead atoms. The Balaban J connectivity index is 1.94. The maximum Gasteiger partial charge on any atom is 0.338 e. The van der Waals surface area contributed by atoms with Crippen LogP contribution in [0.1, 0.15) is 31.0 Å². The van der Waals surface area contributed by atoms with E-state index in [0.29, 0.717) is 26.2 Å². The molecule has 0 fully saturated rings. The molecule has 162 valence electrons. The Bertz CT molecular complexity index is 1420. The molecule has 4 rings (SSSR count). The van der Waals surface area contributed by atoms with Crippen LogP contribution in [-0.4, -0.2) is 22.1 Å². The molecule has 0 unspecified atom stereocenters. The number of aromatic nitrogens is 1. The Morgan fingerprint density at radius 1 is 1.25 bits per heavy atom. The summed E-state index contributed by atoms with van der Waals surface area (Å²) in [4.78, 5) is 41.8. The molecule has 0 radical (unpaired) electrons. The molecule has 1 aromatic heterocycles. The minimum Gasteiger partial charge on any atom is -0.463 e. The van der Waals surface area contributed by atoms with E-state index in [4.69, 9.17) is 4.74 Å². The molecule has 1 aliphatic heterocycles. The van der Waals surface area contributed by atoms with Crippen LogP contribution in [0.15, 0.2) is 75.7 Å². The van der Waals surface area contributed by atoms with Crippen LogP contribution < -0.4 is 14.9 Å². The molecule has 0 amide bonds. The normalized spacial score (nSPS) is 15.8. The van der Waals surface area contributed by atoms with Gasteiger partial charge < -0.3 is 4.74 Å². The van der Waals surface area contributed by atoms with Gasteiger partial charge >= 0.3 is 5.97 Å². The zero-order valence-corrected chi connectivity index (χ0v) is 18.2. The number of ether oxygens (including phenoxy) is 1. The summed E-state index contributed by atoms with van der Waals surface area (Å²) in [7, 11) is 0. The van der Waals surface area contributed by atoms with Crippen molar-refractivity contribution in [3.05, 3.63) is 107 Å². The second kappa shape index (κ2) is 8.72. The number of allylic oxidation sites excluding steroid dienone is 1. The van der Waals surface area contributed by atoms with Gasteiger partial charge in [-0.2, -0.15) is 0 Å². The van der Waals surface area contributed by atoms with Crippen LogP contribution in [0.4, 0.5) is 5.69 Å². The lowest BCUT2D eigenvalue weighted by Gasteiger charge is -2.24. The first-order valence-corrected chi connectivity index (χ1v) is 10.7. The Hall–Kier alpha value is -3.85. The minimum atomic E-state index is -0.682. The lowest BCUT2D eigenvalue weighted by atomic mass is 9.96. The van der Waals surface area contributed by atoms with Crippen molar-refractivity contribution in [2.45, 2.75) is 19.9 Å². The molecular formula is C23H19N3O5S. The quantitative estimate of drug-likeness (QED) is 0.338. The molecule has 0 spiro atoms. The molecule has 1 aliphatic rings. The van der Waals surface area contributed by atoms with Crippen LogP contribution in [0.3, 0.4) is 0 Å². The van der Waals surface area contributed by atoms with Crippen LogP contribution in [0.2, 0.25) is 0 Å². The van der Waals surface area contributed by atoms with E-state index in [-0.39, 0.29) is 17.9 Å². The molecule has 0 aliphatic carbocycles. The minimum absolute atomic E-state index is 0.0610. The highest BCUT2D eigenvalue weighted by Gasteiger charge is 2.33. The molecule has 0 saturated carbocycles. The van der Waals surface area contributed by atoms with E-state index in [1.807, 2.05) is 30.3 Å². The summed E-state index contributed by atoms with van der Waals surface area (Å²) in [6, 6.07) is 14.6. The number of non-ortho nitro benzene ring substituents is 1. The van der Waals surface area contributed by atoms with Crippen LogP contribution in [0.25, 0.3) is 6.08 Å². The van der Waals surface area contributed by atoms with Crippen molar-refractivity contribution in [1.82, 2.24) is 4.57 Å². The van der Waals surface area contributed by atoms with Crippen molar-refractivity contribution in [3.8, 4) is 0 Å². The van der Waals surface area contributed by atoms with Gasteiger partial charge in [0, 0.05) is 12.1 Å². The van der Waals surface area contributed by atoms with Crippen LogP contribution in [0.5, 0.6) is 0 Å². The van der Waals surface area contributed by atoms with E-state index >= 15 is 0 Å². The first-order valence-electron chi connectivity index (χ1n) is 9.89. The number of hydrogen-bond acceptors (Lipinski definition) is 7. The number of nitrogens with zero attached hydrogens (tertiary/aromatic N) is 3. The molecule has 8 nitrogen and oxygen atoms in total. The number of thiazole rings is 1. The number of benzene rings is 2. The van der Waals surface area contributed by atoms with Crippen molar-refractivity contribution in [2.24, 2.45) is 4.99 Å². The molecule has 1 atom stereocenters. The monoisotopic (exact) mass is 449 g/mol. The highest BCUT2D eigenvalue weighted by molar-refractivity contribution is 7.07. The highest BCUT2D eigenvalue weighted by Crippen LogP contribution is 2.30. The van der Waals surface area contributed by atoms with E-state index in [2.05, 4.69) is 4.99 Å². The first kappa shape index (κ1) is 21.4. The van der Waals surface area contributed by atoms with Gasteiger partial charge in [-0.05, 0) is 31.1 Å². The fourth-order valence-corrected chi connectivity index (χ4v) is 4.67. The highest BCUT2D eigenvalue weighted by atomic mass is 32.1. The molecule has 0 N–H and O–H groups in total. The van der Waals surface area contributed by atoms with Gasteiger partial charge in [0.15, 0.2) is 4.80 Å². The largest absolute Gasteiger partial charge is 0.463 e. The summed E-state index contributed by atoms with van der Waals surface area (Å²) in [5.74, 6) is -0.518. The Morgan fingerprint density at radius 2 is 2.00 bits per heavy atom. The third-order valence-corrected chi connectivity index (χ3v) is 5.99. The smallest absolute Gasteiger partial charge is 0.338 e. The zero-order chi connectivity index (χ0) is 22.8. The second-order valence-electron chi connectivity index (χ2n) is 7.07. The lowest BCUT2D eigenvalue weighted by molar-refractivity contribution is -0.384. The summed E-state index contributed by atoms with van der Waals surface area (Å²) >= 11 is 1.17. The molecule has 3 aromatic rings. The second-order valence-corrected chi connectivity index (χ2v) is 8.07. The fraction of sp³-hybridized carbons (Fsp3) is 0.174. The number of nitro groups is 1. The average Bonchev–Trinajstić information content (AvgIpc) is 3.08. The van der Waals surface area contributed by atoms with Gasteiger partial charge in [-0.15, -0.1) is 0 Å². The van der Waals surface area contributed by atoms with Crippen molar-refractivity contribution in [2.75, 3.05) is 6.61 Å². The standard InChI is InChI=1S/C23H19N3O5S/c1-3-31-22(28)19-14(2)24-23-25(20(19)16-9-5-4-6-10-16)21(27)18(32-23)13-15-8-7-11-17(12-15)26(29)30/h4-13,20H,3H2,1-2H3/b18-13+/t20-/m0/s1. The molecule has 9 heteroatoms. The summed E-state index contributed by atoms with van der Waals surface area (Å²) < 4.78 is 7.11. The summed E-state index contributed by atoms with van der Waals surface area (Å²) in [6.07, 6.45) is 1.60. The molecule has 2 aromatic carbocycles. The number of rotatable bonds is 5. The van der Waals surface area contributed by atoms with Crippen molar-refractivity contribution in [1.29, 1.82) is 0 Å². The SMILES string of the molecule is CCOC(=O)C1=C(C)N=c2s/c(=C/c3cccc([N+](=O)[O-])c3)c(=O)n2[C@H]1c1ccccc1.